The van der Waals surface area contributed by atoms with Crippen LogP contribution in [0.2, 0.25) is 0 Å². The molecule has 0 amide bonds. The molecule has 1 saturated heterocycles. The number of aromatic nitrogens is 3. The normalized spacial score (nSPS) is 16.1. The lowest BCUT2D eigenvalue weighted by atomic mass is 10.1. The van der Waals surface area contributed by atoms with Gasteiger partial charge in [0.1, 0.15) is 19.0 Å². The van der Waals surface area contributed by atoms with E-state index in [4.69, 9.17) is 28.4 Å². The van der Waals surface area contributed by atoms with E-state index in [2.05, 4.69) is 25.1 Å². The summed E-state index contributed by atoms with van der Waals surface area (Å²) in [5, 5.41) is 13.3. The number of hydrogen-bond acceptors (Lipinski definition) is 13. The van der Waals surface area contributed by atoms with Gasteiger partial charge in [0, 0.05) is 32.0 Å². The highest BCUT2D eigenvalue weighted by Gasteiger charge is 2.26. The minimum atomic E-state index is -4.13. The number of methoxy groups -OCH3 is 1. The van der Waals surface area contributed by atoms with E-state index < -0.39 is 20.1 Å². The summed E-state index contributed by atoms with van der Waals surface area (Å²) >= 11 is 0. The largest absolute Gasteiger partial charge is 0.525 e. The molecule has 16 heteroatoms. The molecule has 2 aromatic heterocycles. The summed E-state index contributed by atoms with van der Waals surface area (Å²) < 4.78 is 38.4. The van der Waals surface area contributed by atoms with Gasteiger partial charge in [-0.05, 0) is 26.8 Å². The lowest BCUT2D eigenvalue weighted by Crippen LogP contribution is -2.39. The number of hydroxylamine groups is 2. The number of ether oxygens (including phenoxy) is 3. The number of carbonyl (C=O) groups is 1. The number of phosphoric ester groups is 1. The van der Waals surface area contributed by atoms with Crippen molar-refractivity contribution in [2.45, 2.75) is 45.8 Å². The van der Waals surface area contributed by atoms with Gasteiger partial charge < -0.3 is 34.4 Å². The van der Waals surface area contributed by atoms with Gasteiger partial charge in [0.15, 0.2) is 5.82 Å². The molecule has 3 heterocycles. The number of phosphoric acid groups is 1. The Balaban J connectivity index is 1.58. The maximum atomic E-state index is 11.7. The Kier molecular flexibility index (Phi) is 10.4. The number of aryl methyl sites for hydroxylation is 1. The van der Waals surface area contributed by atoms with Crippen LogP contribution in [0.15, 0.2) is 18.5 Å². The van der Waals surface area contributed by atoms with E-state index in [1.54, 1.807) is 32.9 Å². The highest BCUT2D eigenvalue weighted by atomic mass is 31.2. The monoisotopic (exact) mass is 557 g/mol. The van der Waals surface area contributed by atoms with Gasteiger partial charge in [-0.15, -0.1) is 5.06 Å². The molecule has 0 saturated carbocycles. The van der Waals surface area contributed by atoms with Crippen LogP contribution >= 0.6 is 7.82 Å². The van der Waals surface area contributed by atoms with Crippen molar-refractivity contribution in [1.29, 1.82) is 0 Å². The van der Waals surface area contributed by atoms with E-state index in [0.717, 1.165) is 0 Å². The zero-order valence-electron chi connectivity index (χ0n) is 21.5. The molecule has 0 radical (unpaired) electrons. The van der Waals surface area contributed by atoms with Gasteiger partial charge in [0.25, 0.3) is 5.88 Å². The average molecular weight is 557 g/mol. The van der Waals surface area contributed by atoms with Crippen molar-refractivity contribution in [3.05, 3.63) is 24.2 Å². The molecule has 0 spiro atoms. The predicted octanol–water partition coefficient (Wildman–Crippen LogP) is 3.31. The average Bonchev–Trinajstić information content (AvgIpc) is 2.84. The van der Waals surface area contributed by atoms with Gasteiger partial charge >= 0.3 is 14.0 Å². The van der Waals surface area contributed by atoms with Crippen LogP contribution in [0.3, 0.4) is 0 Å². The summed E-state index contributed by atoms with van der Waals surface area (Å²) in [6.45, 7) is 5.64. The van der Waals surface area contributed by atoms with Crippen LogP contribution in [-0.4, -0.2) is 81.8 Å². The van der Waals surface area contributed by atoms with Gasteiger partial charge in [-0.1, -0.05) is 0 Å². The SMILES string of the molecule is COc1c(Nc2ccc(OCCOP(=O)(O)OC(C)C)nc2C)ncnc1OC1CCN(OC(=O)O)CC1. The molecule has 3 N–H and O–H groups in total. The summed E-state index contributed by atoms with van der Waals surface area (Å²) in [5.41, 5.74) is 1.22. The van der Waals surface area contributed by atoms with Crippen LogP contribution in [0.1, 0.15) is 32.4 Å². The molecule has 1 atom stereocenters. The molecule has 0 bridgehead atoms. The van der Waals surface area contributed by atoms with Crippen molar-refractivity contribution < 1.29 is 47.5 Å². The molecule has 15 nitrogen and oxygen atoms in total. The van der Waals surface area contributed by atoms with Crippen molar-refractivity contribution in [3.63, 3.8) is 0 Å². The fourth-order valence-corrected chi connectivity index (χ4v) is 4.40. The molecule has 1 unspecified atom stereocenters. The maximum absolute atomic E-state index is 11.7. The zero-order chi connectivity index (χ0) is 27.7. The molecular weight excluding hydrogens is 525 g/mol. The van der Waals surface area contributed by atoms with Crippen molar-refractivity contribution in [2.24, 2.45) is 0 Å². The van der Waals surface area contributed by atoms with E-state index in [9.17, 15) is 14.3 Å². The van der Waals surface area contributed by atoms with Gasteiger partial charge in [-0.2, -0.15) is 4.98 Å². The van der Waals surface area contributed by atoms with Crippen LogP contribution < -0.4 is 19.5 Å². The molecule has 3 rings (SSSR count). The Morgan fingerprint density at radius 3 is 2.61 bits per heavy atom. The molecule has 0 aliphatic carbocycles. The number of piperidine rings is 1. The first-order valence-corrected chi connectivity index (χ1v) is 13.3. The van der Waals surface area contributed by atoms with Crippen LogP contribution in [0, 0.1) is 6.92 Å². The topological polar surface area (TPSA) is 184 Å². The first-order chi connectivity index (χ1) is 18.1. The smallest absolute Gasteiger partial charge is 0.489 e. The highest BCUT2D eigenvalue weighted by Crippen LogP contribution is 2.44. The van der Waals surface area contributed by atoms with Crippen molar-refractivity contribution in [2.75, 3.05) is 38.7 Å². The first-order valence-electron chi connectivity index (χ1n) is 11.8. The Morgan fingerprint density at radius 2 is 1.97 bits per heavy atom. The second-order valence-corrected chi connectivity index (χ2v) is 9.78. The minimum absolute atomic E-state index is 0.00693. The van der Waals surface area contributed by atoms with Gasteiger partial charge in [0.2, 0.25) is 11.6 Å². The Hall–Kier alpha value is -3.23. The summed E-state index contributed by atoms with van der Waals surface area (Å²) in [6, 6.07) is 3.36. The molecule has 1 aliphatic rings. The summed E-state index contributed by atoms with van der Waals surface area (Å²) in [4.78, 5) is 37.8. The minimum Gasteiger partial charge on any atom is -0.489 e. The van der Waals surface area contributed by atoms with Gasteiger partial charge in [0.05, 0.1) is 31.2 Å². The molecule has 0 aromatic carbocycles. The lowest BCUT2D eigenvalue weighted by molar-refractivity contribution is -0.140. The lowest BCUT2D eigenvalue weighted by Gasteiger charge is -2.29. The number of carboxylic acid groups (broad SMARTS) is 1. The van der Waals surface area contributed by atoms with Crippen LogP contribution in [0.5, 0.6) is 17.5 Å². The molecule has 210 valence electrons. The van der Waals surface area contributed by atoms with Crippen molar-refractivity contribution in [3.8, 4) is 17.5 Å². The quantitative estimate of drug-likeness (QED) is 0.240. The number of nitrogens with one attached hydrogen (secondary N) is 1. The molecule has 1 fully saturated rings. The van der Waals surface area contributed by atoms with Crippen LogP contribution in [-0.2, 0) is 18.5 Å². The molecule has 1 aliphatic heterocycles. The van der Waals surface area contributed by atoms with Crippen molar-refractivity contribution >= 4 is 25.5 Å². The fraction of sp³-hybridized carbons (Fsp3) is 0.545. The molecular formula is C22H32N5O10P. The van der Waals surface area contributed by atoms with Crippen LogP contribution in [0.4, 0.5) is 16.3 Å². The number of nitrogens with zero attached hydrogens (tertiary/aromatic N) is 4. The summed E-state index contributed by atoms with van der Waals surface area (Å²) in [7, 11) is -2.66. The summed E-state index contributed by atoms with van der Waals surface area (Å²) in [6.07, 6.45) is 0.415. The second-order valence-electron chi connectivity index (χ2n) is 8.38. The third kappa shape index (κ3) is 8.96. The summed E-state index contributed by atoms with van der Waals surface area (Å²) in [5.74, 6) is 1.20. The third-order valence-corrected chi connectivity index (χ3v) is 6.30. The maximum Gasteiger partial charge on any atom is 0.525 e. The number of pyridine rings is 1. The first kappa shape index (κ1) is 29.3. The Bertz CT molecular complexity index is 1130. The standard InChI is InChI=1S/C22H32N5O10P/c1-14(2)37-38(30,31)34-12-11-33-18-6-5-17(15(3)25-18)26-20-19(32-4)21(24-13-23-20)35-16-7-9-27(10-8-16)36-22(28)29/h5-6,13-14,16H,7-12H2,1-4H3,(H,28,29)(H,30,31)(H,23,24,26). The van der Waals surface area contributed by atoms with Crippen molar-refractivity contribution in [1.82, 2.24) is 20.0 Å². The van der Waals surface area contributed by atoms with Gasteiger partial charge in [-0.25, -0.2) is 19.3 Å². The van der Waals surface area contributed by atoms with E-state index in [1.165, 1.54) is 18.5 Å². The number of hydrogen-bond donors (Lipinski definition) is 3. The Morgan fingerprint density at radius 1 is 1.24 bits per heavy atom. The Labute approximate surface area is 219 Å². The van der Waals surface area contributed by atoms with Crippen LogP contribution in [0.25, 0.3) is 0 Å². The second kappa shape index (κ2) is 13.5. The fourth-order valence-electron chi connectivity index (χ4n) is 3.50. The highest BCUT2D eigenvalue weighted by molar-refractivity contribution is 7.47. The molecule has 2 aromatic rings. The number of anilines is 2. The zero-order valence-corrected chi connectivity index (χ0v) is 22.4. The van der Waals surface area contributed by atoms with E-state index in [-0.39, 0.29) is 25.2 Å². The van der Waals surface area contributed by atoms with E-state index >= 15 is 0 Å². The predicted molar refractivity (Wildman–Crippen MR) is 133 cm³/mol. The molecule has 38 heavy (non-hydrogen) atoms. The third-order valence-electron chi connectivity index (χ3n) is 5.11. The van der Waals surface area contributed by atoms with Gasteiger partial charge in [-0.3, -0.25) is 9.05 Å². The number of rotatable bonds is 13. The van der Waals surface area contributed by atoms with E-state index in [1.807, 2.05) is 0 Å². The van der Waals surface area contributed by atoms with E-state index in [0.29, 0.717) is 54.8 Å².